The number of rotatable bonds is 5. The molecule has 0 saturated carbocycles. The zero-order valence-corrected chi connectivity index (χ0v) is 8.04. The quantitative estimate of drug-likeness (QED) is 0.588. The van der Waals surface area contributed by atoms with Crippen molar-refractivity contribution in [3.05, 3.63) is 0 Å². The zero-order chi connectivity index (χ0) is 9.56. The lowest BCUT2D eigenvalue weighted by Gasteiger charge is -2.21. The molecule has 0 aliphatic rings. The number of carbonyl (C=O) groups excluding carboxylic acids is 1. The number of ether oxygens (including phenoxy) is 1. The lowest BCUT2D eigenvalue weighted by molar-refractivity contribution is -0.148. The summed E-state index contributed by atoms with van der Waals surface area (Å²) in [4.78, 5) is 13.1. The van der Waals surface area contributed by atoms with Crippen molar-refractivity contribution in [2.45, 2.75) is 19.4 Å². The van der Waals surface area contributed by atoms with Crippen LogP contribution in [0.5, 0.6) is 0 Å². The molecule has 1 unspecified atom stereocenters. The van der Waals surface area contributed by atoms with Gasteiger partial charge in [0.2, 0.25) is 0 Å². The molecule has 0 bridgehead atoms. The fraction of sp³-hybridized carbons (Fsp3) is 0.875. The molecule has 0 spiro atoms. The van der Waals surface area contributed by atoms with Gasteiger partial charge in [-0.2, -0.15) is 0 Å². The minimum absolute atomic E-state index is 0.187. The Bertz CT molecular complexity index is 137. The molecule has 0 saturated heterocycles. The van der Waals surface area contributed by atoms with E-state index >= 15 is 0 Å². The standard InChI is InChI=1S/C8H18N2O2/c1-4-12-8(11)7(5-6-9)10(2)3/h7H,4-6,9H2,1-3H3. The summed E-state index contributed by atoms with van der Waals surface area (Å²) in [6.07, 6.45) is 0.645. The Morgan fingerprint density at radius 2 is 2.17 bits per heavy atom. The summed E-state index contributed by atoms with van der Waals surface area (Å²) < 4.78 is 4.88. The van der Waals surface area contributed by atoms with Gasteiger partial charge in [0.15, 0.2) is 0 Å². The van der Waals surface area contributed by atoms with Gasteiger partial charge in [0.1, 0.15) is 6.04 Å². The van der Waals surface area contributed by atoms with Crippen molar-refractivity contribution < 1.29 is 9.53 Å². The first kappa shape index (κ1) is 11.4. The third-order valence-electron chi connectivity index (χ3n) is 1.62. The van der Waals surface area contributed by atoms with Crippen LogP contribution < -0.4 is 5.73 Å². The van der Waals surface area contributed by atoms with E-state index in [9.17, 15) is 4.79 Å². The van der Waals surface area contributed by atoms with Crippen LogP contribution in [0.4, 0.5) is 0 Å². The highest BCUT2D eigenvalue weighted by molar-refractivity contribution is 5.75. The van der Waals surface area contributed by atoms with Crippen molar-refractivity contribution in [3.8, 4) is 0 Å². The highest BCUT2D eigenvalue weighted by atomic mass is 16.5. The minimum atomic E-state index is -0.199. The van der Waals surface area contributed by atoms with Gasteiger partial charge in [0, 0.05) is 0 Å². The molecule has 2 N–H and O–H groups in total. The Morgan fingerprint density at radius 1 is 1.58 bits per heavy atom. The second kappa shape index (κ2) is 5.97. The van der Waals surface area contributed by atoms with Crippen molar-refractivity contribution in [2.24, 2.45) is 5.73 Å². The molecule has 0 rings (SSSR count). The van der Waals surface area contributed by atoms with Crippen LogP contribution in [-0.4, -0.2) is 44.2 Å². The molecule has 0 aromatic heterocycles. The predicted octanol–water partition coefficient (Wildman–Crippen LogP) is -0.171. The van der Waals surface area contributed by atoms with Gasteiger partial charge in [-0.05, 0) is 34.0 Å². The molecule has 0 radical (unpaired) electrons. The summed E-state index contributed by atoms with van der Waals surface area (Å²) in [5.74, 6) is -0.187. The Balaban J connectivity index is 4.00. The summed E-state index contributed by atoms with van der Waals surface area (Å²) >= 11 is 0. The third kappa shape index (κ3) is 3.69. The fourth-order valence-corrected chi connectivity index (χ4v) is 0.983. The molecular weight excluding hydrogens is 156 g/mol. The lowest BCUT2D eigenvalue weighted by atomic mass is 10.2. The van der Waals surface area contributed by atoms with Gasteiger partial charge in [-0.15, -0.1) is 0 Å². The monoisotopic (exact) mass is 174 g/mol. The van der Waals surface area contributed by atoms with Crippen LogP contribution in [0.1, 0.15) is 13.3 Å². The van der Waals surface area contributed by atoms with E-state index in [0.717, 1.165) is 0 Å². The molecule has 0 aromatic carbocycles. The summed E-state index contributed by atoms with van der Waals surface area (Å²) in [6.45, 7) is 2.72. The molecule has 0 heterocycles. The average Bonchev–Trinajstić information content (AvgIpc) is 1.99. The number of esters is 1. The van der Waals surface area contributed by atoms with Crippen molar-refractivity contribution in [1.82, 2.24) is 4.90 Å². The molecule has 72 valence electrons. The Hall–Kier alpha value is -0.610. The lowest BCUT2D eigenvalue weighted by Crippen LogP contribution is -2.38. The maximum absolute atomic E-state index is 11.3. The van der Waals surface area contributed by atoms with Gasteiger partial charge in [-0.25, -0.2) is 0 Å². The van der Waals surface area contributed by atoms with E-state index in [0.29, 0.717) is 19.6 Å². The van der Waals surface area contributed by atoms with Crippen LogP contribution in [0.2, 0.25) is 0 Å². The van der Waals surface area contributed by atoms with Gasteiger partial charge >= 0.3 is 5.97 Å². The average molecular weight is 174 g/mol. The van der Waals surface area contributed by atoms with Crippen LogP contribution in [0.3, 0.4) is 0 Å². The van der Waals surface area contributed by atoms with Crippen molar-refractivity contribution >= 4 is 5.97 Å². The van der Waals surface area contributed by atoms with Crippen LogP contribution in [-0.2, 0) is 9.53 Å². The fourth-order valence-electron chi connectivity index (χ4n) is 0.983. The van der Waals surface area contributed by atoms with Gasteiger partial charge in [-0.3, -0.25) is 9.69 Å². The van der Waals surface area contributed by atoms with E-state index in [4.69, 9.17) is 10.5 Å². The Labute approximate surface area is 73.7 Å². The van der Waals surface area contributed by atoms with Crippen LogP contribution in [0, 0.1) is 0 Å². The number of hydrogen-bond donors (Lipinski definition) is 1. The van der Waals surface area contributed by atoms with Gasteiger partial charge in [0.05, 0.1) is 6.61 Å². The second-order valence-corrected chi connectivity index (χ2v) is 2.81. The van der Waals surface area contributed by atoms with E-state index in [2.05, 4.69) is 0 Å². The smallest absolute Gasteiger partial charge is 0.323 e. The number of nitrogens with two attached hydrogens (primary N) is 1. The maximum atomic E-state index is 11.3. The highest BCUT2D eigenvalue weighted by Crippen LogP contribution is 2.00. The van der Waals surface area contributed by atoms with E-state index in [1.807, 2.05) is 19.0 Å². The van der Waals surface area contributed by atoms with E-state index in [-0.39, 0.29) is 12.0 Å². The summed E-state index contributed by atoms with van der Waals surface area (Å²) in [5, 5.41) is 0. The maximum Gasteiger partial charge on any atom is 0.323 e. The topological polar surface area (TPSA) is 55.6 Å². The molecule has 0 amide bonds. The molecule has 0 aliphatic heterocycles. The zero-order valence-electron chi connectivity index (χ0n) is 8.04. The number of hydrogen-bond acceptors (Lipinski definition) is 4. The van der Waals surface area contributed by atoms with Gasteiger partial charge in [0.25, 0.3) is 0 Å². The van der Waals surface area contributed by atoms with Crippen molar-refractivity contribution in [3.63, 3.8) is 0 Å². The molecular formula is C8H18N2O2. The Kier molecular flexibility index (Phi) is 5.66. The van der Waals surface area contributed by atoms with E-state index in [1.165, 1.54) is 0 Å². The molecule has 0 aromatic rings. The van der Waals surface area contributed by atoms with Crippen molar-refractivity contribution in [2.75, 3.05) is 27.2 Å². The molecule has 1 atom stereocenters. The SMILES string of the molecule is CCOC(=O)C(CCN)N(C)C. The second-order valence-electron chi connectivity index (χ2n) is 2.81. The number of nitrogens with zero attached hydrogens (tertiary/aromatic N) is 1. The van der Waals surface area contributed by atoms with Crippen molar-refractivity contribution in [1.29, 1.82) is 0 Å². The van der Waals surface area contributed by atoms with E-state index < -0.39 is 0 Å². The van der Waals surface area contributed by atoms with E-state index in [1.54, 1.807) is 6.92 Å². The van der Waals surface area contributed by atoms with Crippen LogP contribution in [0.25, 0.3) is 0 Å². The highest BCUT2D eigenvalue weighted by Gasteiger charge is 2.20. The molecule has 0 aliphatic carbocycles. The summed E-state index contributed by atoms with van der Waals surface area (Å²) in [6, 6.07) is -0.199. The summed E-state index contributed by atoms with van der Waals surface area (Å²) in [5.41, 5.74) is 5.37. The number of carbonyl (C=O) groups is 1. The van der Waals surface area contributed by atoms with Crippen LogP contribution >= 0.6 is 0 Å². The molecule has 4 nitrogen and oxygen atoms in total. The predicted molar refractivity (Wildman–Crippen MR) is 47.8 cm³/mol. The first-order valence-corrected chi connectivity index (χ1v) is 4.16. The Morgan fingerprint density at radius 3 is 2.50 bits per heavy atom. The third-order valence-corrected chi connectivity index (χ3v) is 1.62. The molecule has 0 fully saturated rings. The first-order chi connectivity index (χ1) is 5.63. The van der Waals surface area contributed by atoms with Gasteiger partial charge < -0.3 is 10.5 Å². The normalized spacial score (nSPS) is 13.1. The molecule has 12 heavy (non-hydrogen) atoms. The summed E-state index contributed by atoms with van der Waals surface area (Å²) in [7, 11) is 3.69. The van der Waals surface area contributed by atoms with Crippen LogP contribution in [0.15, 0.2) is 0 Å². The largest absolute Gasteiger partial charge is 0.465 e. The van der Waals surface area contributed by atoms with Gasteiger partial charge in [-0.1, -0.05) is 0 Å². The minimum Gasteiger partial charge on any atom is -0.465 e. The molecule has 4 heteroatoms. The first-order valence-electron chi connectivity index (χ1n) is 4.16. The number of likely N-dealkylation sites (N-methyl/N-ethyl adjacent to an activating group) is 1.